The van der Waals surface area contributed by atoms with Crippen LogP contribution < -0.4 is 16.2 Å². The van der Waals surface area contributed by atoms with Gasteiger partial charge in [0, 0.05) is 43.8 Å². The number of aryl methyl sites for hydroxylation is 1. The zero-order valence-electron chi connectivity index (χ0n) is 15.0. The Balaban J connectivity index is 1.42. The number of rotatable bonds is 8. The van der Waals surface area contributed by atoms with Crippen molar-refractivity contribution in [2.75, 3.05) is 18.4 Å². The summed E-state index contributed by atoms with van der Waals surface area (Å²) in [6, 6.07) is 13.1. The highest BCUT2D eigenvalue weighted by Crippen LogP contribution is 2.14. The van der Waals surface area contributed by atoms with Gasteiger partial charge in [0.05, 0.1) is 15.8 Å². The lowest BCUT2D eigenvalue weighted by Crippen LogP contribution is -2.29. The fraction of sp³-hybridized carbons (Fsp3) is 0.211. The second-order valence-corrected chi connectivity index (χ2v) is 6.11. The number of amides is 1. The van der Waals surface area contributed by atoms with E-state index in [4.69, 9.17) is 0 Å². The number of hydrogen-bond acceptors (Lipinski definition) is 6. The van der Waals surface area contributed by atoms with E-state index >= 15 is 0 Å². The Bertz CT molecular complexity index is 1050. The number of aromatic amines is 1. The molecule has 0 spiro atoms. The first-order chi connectivity index (χ1) is 13.5. The van der Waals surface area contributed by atoms with E-state index in [2.05, 4.69) is 20.6 Å². The molecule has 0 fully saturated rings. The van der Waals surface area contributed by atoms with Gasteiger partial charge in [0.15, 0.2) is 0 Å². The molecule has 0 radical (unpaired) electrons. The second kappa shape index (κ2) is 8.76. The van der Waals surface area contributed by atoms with Crippen molar-refractivity contribution >= 4 is 28.2 Å². The lowest BCUT2D eigenvalue weighted by atomic mass is 10.2. The second-order valence-electron chi connectivity index (χ2n) is 6.11. The molecule has 3 N–H and O–H groups in total. The summed E-state index contributed by atoms with van der Waals surface area (Å²) >= 11 is 0. The molecule has 0 aliphatic heterocycles. The van der Waals surface area contributed by atoms with Gasteiger partial charge in [0.1, 0.15) is 5.82 Å². The highest BCUT2D eigenvalue weighted by molar-refractivity contribution is 5.78. The molecule has 0 aliphatic carbocycles. The van der Waals surface area contributed by atoms with Crippen LogP contribution in [0.1, 0.15) is 12.2 Å². The van der Waals surface area contributed by atoms with Crippen molar-refractivity contribution in [2.45, 2.75) is 12.8 Å². The first-order valence-corrected chi connectivity index (χ1v) is 8.76. The first-order valence-electron chi connectivity index (χ1n) is 8.76. The zero-order valence-corrected chi connectivity index (χ0v) is 15.0. The van der Waals surface area contributed by atoms with Gasteiger partial charge < -0.3 is 15.6 Å². The van der Waals surface area contributed by atoms with Crippen LogP contribution in [-0.2, 0) is 11.2 Å². The van der Waals surface area contributed by atoms with E-state index in [9.17, 15) is 19.7 Å². The number of nitro benzene ring substituents is 1. The minimum absolute atomic E-state index is 0.0270. The normalized spacial score (nSPS) is 10.6. The van der Waals surface area contributed by atoms with E-state index in [0.29, 0.717) is 36.2 Å². The topological polar surface area (TPSA) is 130 Å². The van der Waals surface area contributed by atoms with Gasteiger partial charge in [-0.3, -0.25) is 19.7 Å². The summed E-state index contributed by atoms with van der Waals surface area (Å²) in [5.41, 5.74) is 1.15. The molecule has 1 heterocycles. The number of fused-ring (bicyclic) bond motifs is 1. The van der Waals surface area contributed by atoms with Crippen LogP contribution in [0.5, 0.6) is 0 Å². The van der Waals surface area contributed by atoms with E-state index in [1.165, 1.54) is 12.1 Å². The van der Waals surface area contributed by atoms with Crippen LogP contribution in [0.15, 0.2) is 53.3 Å². The molecule has 144 valence electrons. The van der Waals surface area contributed by atoms with Crippen LogP contribution in [0, 0.1) is 10.1 Å². The quantitative estimate of drug-likeness (QED) is 0.311. The molecule has 0 atom stereocenters. The number of anilines is 1. The Kier molecular flexibility index (Phi) is 5.95. The predicted octanol–water partition coefficient (Wildman–Crippen LogP) is 1.99. The monoisotopic (exact) mass is 381 g/mol. The number of nitro groups is 1. The maximum Gasteiger partial charge on any atom is 0.269 e. The van der Waals surface area contributed by atoms with E-state index in [0.717, 1.165) is 5.69 Å². The smallest absolute Gasteiger partial charge is 0.269 e. The third-order valence-corrected chi connectivity index (χ3v) is 4.11. The summed E-state index contributed by atoms with van der Waals surface area (Å²) in [5.74, 6) is 0.323. The van der Waals surface area contributed by atoms with Gasteiger partial charge >= 0.3 is 0 Å². The molecular formula is C19H19N5O4. The lowest BCUT2D eigenvalue weighted by Gasteiger charge is -2.08. The number of carbonyl (C=O) groups excluding carboxylic acids is 1. The maximum absolute atomic E-state index is 12.0. The van der Waals surface area contributed by atoms with E-state index in [-0.39, 0.29) is 23.6 Å². The largest absolute Gasteiger partial charge is 0.383 e. The summed E-state index contributed by atoms with van der Waals surface area (Å²) in [5, 5.41) is 17.0. The fourth-order valence-corrected chi connectivity index (χ4v) is 2.68. The van der Waals surface area contributed by atoms with Gasteiger partial charge in [0.25, 0.3) is 11.2 Å². The molecule has 1 aromatic heterocycles. The molecule has 0 aliphatic rings. The minimum atomic E-state index is -0.457. The predicted molar refractivity (Wildman–Crippen MR) is 105 cm³/mol. The first kappa shape index (κ1) is 19.0. The number of para-hydroxylation sites is 1. The molecule has 2 aromatic carbocycles. The van der Waals surface area contributed by atoms with Crippen molar-refractivity contribution in [3.63, 3.8) is 0 Å². The highest BCUT2D eigenvalue weighted by Gasteiger charge is 2.07. The number of aromatic nitrogens is 2. The average Bonchev–Trinajstić information content (AvgIpc) is 2.70. The maximum atomic E-state index is 12.0. The molecule has 9 heteroatoms. The number of benzene rings is 2. The van der Waals surface area contributed by atoms with Gasteiger partial charge in [-0.25, -0.2) is 4.98 Å². The number of carbonyl (C=O) groups is 1. The molecule has 0 saturated carbocycles. The molecular weight excluding hydrogens is 362 g/mol. The molecule has 1 amide bonds. The fourth-order valence-electron chi connectivity index (χ4n) is 2.68. The number of nitrogens with one attached hydrogen (secondary N) is 3. The highest BCUT2D eigenvalue weighted by atomic mass is 16.6. The summed E-state index contributed by atoms with van der Waals surface area (Å²) in [7, 11) is 0. The Morgan fingerprint density at radius 3 is 2.61 bits per heavy atom. The Labute approximate surface area is 160 Å². The summed E-state index contributed by atoms with van der Waals surface area (Å²) in [4.78, 5) is 41.2. The minimum Gasteiger partial charge on any atom is -0.383 e. The zero-order chi connectivity index (χ0) is 19.9. The van der Waals surface area contributed by atoms with Crippen molar-refractivity contribution in [1.29, 1.82) is 0 Å². The summed E-state index contributed by atoms with van der Waals surface area (Å²) in [6.07, 6.45) is 0.542. The molecule has 0 unspecified atom stereocenters. The van der Waals surface area contributed by atoms with Gasteiger partial charge in [-0.05, 0) is 24.3 Å². The van der Waals surface area contributed by atoms with Crippen molar-refractivity contribution < 1.29 is 9.72 Å². The van der Waals surface area contributed by atoms with Crippen molar-refractivity contribution in [3.05, 3.63) is 74.8 Å². The molecule has 3 aromatic rings. The molecule has 3 rings (SSSR count). The third-order valence-electron chi connectivity index (χ3n) is 4.11. The number of H-pyrrole nitrogens is 1. The SMILES string of the molecule is O=C(CCc1nc2ccccc2c(=O)[nH]1)NCCNc1ccc([N+](=O)[O-])cc1. The molecule has 9 nitrogen and oxygen atoms in total. The van der Waals surface area contributed by atoms with Gasteiger partial charge in [-0.15, -0.1) is 0 Å². The number of nitrogens with zero attached hydrogens (tertiary/aromatic N) is 2. The lowest BCUT2D eigenvalue weighted by molar-refractivity contribution is -0.384. The van der Waals surface area contributed by atoms with E-state index in [1.54, 1.807) is 30.3 Å². The number of non-ortho nitro benzene ring substituents is 1. The van der Waals surface area contributed by atoms with Crippen LogP contribution in [-0.4, -0.2) is 33.9 Å². The van der Waals surface area contributed by atoms with Gasteiger partial charge in [0.2, 0.25) is 5.91 Å². The van der Waals surface area contributed by atoms with Gasteiger partial charge in [-0.1, -0.05) is 12.1 Å². The van der Waals surface area contributed by atoms with Crippen molar-refractivity contribution in [3.8, 4) is 0 Å². The van der Waals surface area contributed by atoms with E-state index < -0.39 is 4.92 Å². The van der Waals surface area contributed by atoms with Crippen molar-refractivity contribution in [1.82, 2.24) is 15.3 Å². The summed E-state index contributed by atoms with van der Waals surface area (Å²) in [6.45, 7) is 0.881. The van der Waals surface area contributed by atoms with Crippen LogP contribution in [0.25, 0.3) is 10.9 Å². The summed E-state index contributed by atoms with van der Waals surface area (Å²) < 4.78 is 0. The molecule has 0 saturated heterocycles. The molecule has 0 bridgehead atoms. The van der Waals surface area contributed by atoms with Crippen LogP contribution in [0.4, 0.5) is 11.4 Å². The standard InChI is InChI=1S/C19H19N5O4/c25-18(21-12-11-20-13-5-7-14(8-6-13)24(27)28)10-9-17-22-16-4-2-1-3-15(16)19(26)23-17/h1-8,20H,9-12H2,(H,21,25)(H,22,23,26). The van der Waals surface area contributed by atoms with E-state index in [1.807, 2.05) is 6.07 Å². The van der Waals surface area contributed by atoms with Crippen LogP contribution in [0.3, 0.4) is 0 Å². The Morgan fingerprint density at radius 2 is 1.86 bits per heavy atom. The Hall–Kier alpha value is -3.75. The number of hydrogen-bond donors (Lipinski definition) is 3. The van der Waals surface area contributed by atoms with Crippen molar-refractivity contribution in [2.24, 2.45) is 0 Å². The van der Waals surface area contributed by atoms with Crippen LogP contribution in [0.2, 0.25) is 0 Å². The van der Waals surface area contributed by atoms with Crippen LogP contribution >= 0.6 is 0 Å². The average molecular weight is 381 g/mol. The Morgan fingerprint density at radius 1 is 1.11 bits per heavy atom. The molecule has 28 heavy (non-hydrogen) atoms. The third kappa shape index (κ3) is 4.91. The van der Waals surface area contributed by atoms with Gasteiger partial charge in [-0.2, -0.15) is 0 Å².